The first-order chi connectivity index (χ1) is 28.0. The molecule has 2 aliphatic carbocycles. The van der Waals surface area contributed by atoms with Crippen molar-refractivity contribution in [2.45, 2.75) is 0 Å². The summed E-state index contributed by atoms with van der Waals surface area (Å²) in [6.07, 6.45) is 8.44. The van der Waals surface area contributed by atoms with E-state index in [4.69, 9.17) is 15.0 Å². The Morgan fingerprint density at radius 1 is 0.667 bits per heavy atom. The summed E-state index contributed by atoms with van der Waals surface area (Å²) in [5, 5.41) is 59.8. The van der Waals surface area contributed by atoms with Gasteiger partial charge in [0, 0.05) is 16.7 Å². The fourth-order valence-electron chi connectivity index (χ4n) is 7.62. The summed E-state index contributed by atoms with van der Waals surface area (Å²) in [7, 11) is 0. The molecule has 0 fully saturated rings. The molecular weight excluding hydrogens is 733 g/mol. The largest absolute Gasteiger partial charge is 0.410 e. The third-order valence-corrected chi connectivity index (χ3v) is 11.4. The molecule has 0 spiro atoms. The topological polar surface area (TPSA) is 168 Å². The minimum Gasteiger partial charge on any atom is -0.410 e. The third kappa shape index (κ3) is 5.46. The van der Waals surface area contributed by atoms with Gasteiger partial charge in [0.2, 0.25) is 0 Å². The zero-order valence-corrected chi connectivity index (χ0v) is 30.6. The lowest BCUT2D eigenvalue weighted by Gasteiger charge is -2.33. The SMILES string of the molecule is N=C1C(N(C2=CC=C(c3c4ccccc4cc4ccccc34)C(=N)/C2=N\O)c2ccc(-c3ccc(-c4nc5ccccc5s4)cc3)c3nonc23)=CC=C/C1=N/O. The standard InChI is InChI=1S/C45H28N8O3S/c46-40-32(39-29-10-3-1-8-27(29)24-28-9-2-4-11-30(28)39)21-23-36(43(40)50-55)53(35-14-7-13-34(49-54)41(35)47)37-22-20-31(42-44(37)52-56-51-42)25-16-18-26(19-17-25)45-48-33-12-5-6-15-38(33)57-45/h1-24,46-47,54-55H/b46-40?,47-41?,49-34-,50-43-. The van der Waals surface area contributed by atoms with E-state index in [2.05, 4.69) is 32.8 Å². The number of hydrogen-bond donors (Lipinski definition) is 4. The number of thiazole rings is 1. The van der Waals surface area contributed by atoms with Crippen LogP contribution in [0.4, 0.5) is 5.69 Å². The van der Waals surface area contributed by atoms with Crippen molar-refractivity contribution >= 4 is 88.2 Å². The summed E-state index contributed by atoms with van der Waals surface area (Å²) in [4.78, 5) is 6.46. The molecule has 8 aromatic rings. The van der Waals surface area contributed by atoms with E-state index in [0.717, 1.165) is 59.0 Å². The van der Waals surface area contributed by atoms with Gasteiger partial charge in [-0.3, -0.25) is 10.8 Å². The fourth-order valence-corrected chi connectivity index (χ4v) is 8.59. The molecule has 272 valence electrons. The normalized spacial score (nSPS) is 15.9. The molecule has 0 amide bonds. The van der Waals surface area contributed by atoms with Crippen LogP contribution in [0, 0.1) is 10.8 Å². The molecule has 0 saturated heterocycles. The maximum Gasteiger partial charge on any atom is 0.159 e. The molecule has 57 heavy (non-hydrogen) atoms. The van der Waals surface area contributed by atoms with Gasteiger partial charge < -0.3 is 15.3 Å². The minimum atomic E-state index is -0.112. The lowest BCUT2D eigenvalue weighted by molar-refractivity contribution is 0.315. The van der Waals surface area contributed by atoms with E-state index in [9.17, 15) is 15.8 Å². The Morgan fingerprint density at radius 2 is 1.37 bits per heavy atom. The summed E-state index contributed by atoms with van der Waals surface area (Å²) in [6.45, 7) is 0. The highest BCUT2D eigenvalue weighted by Gasteiger charge is 2.34. The second kappa shape index (κ2) is 13.5. The van der Waals surface area contributed by atoms with Crippen molar-refractivity contribution in [3.63, 3.8) is 0 Å². The molecule has 0 radical (unpaired) electrons. The molecule has 0 saturated carbocycles. The van der Waals surface area contributed by atoms with Crippen LogP contribution in [0.5, 0.6) is 0 Å². The Kier molecular flexibility index (Phi) is 7.97. The number of hydrogen-bond acceptors (Lipinski definition) is 12. The summed E-state index contributed by atoms with van der Waals surface area (Å²) >= 11 is 1.63. The zero-order chi connectivity index (χ0) is 38.6. The lowest BCUT2D eigenvalue weighted by atomic mass is 9.85. The summed E-state index contributed by atoms with van der Waals surface area (Å²) in [6, 6.07) is 37.9. The van der Waals surface area contributed by atoms with E-state index >= 15 is 0 Å². The van der Waals surface area contributed by atoms with E-state index < -0.39 is 0 Å². The van der Waals surface area contributed by atoms with Crippen molar-refractivity contribution in [2.24, 2.45) is 10.3 Å². The molecule has 2 heterocycles. The molecule has 10 rings (SSSR count). The second-order valence-electron chi connectivity index (χ2n) is 13.4. The highest BCUT2D eigenvalue weighted by atomic mass is 32.1. The van der Waals surface area contributed by atoms with Gasteiger partial charge in [0.1, 0.15) is 21.9 Å². The van der Waals surface area contributed by atoms with Crippen LogP contribution < -0.4 is 4.90 Å². The number of oxime groups is 2. The average Bonchev–Trinajstić information content (AvgIpc) is 3.93. The van der Waals surface area contributed by atoms with Crippen LogP contribution in [0.2, 0.25) is 0 Å². The highest BCUT2D eigenvalue weighted by molar-refractivity contribution is 7.21. The number of nitrogens with zero attached hydrogens (tertiary/aromatic N) is 6. The Labute approximate surface area is 327 Å². The Hall–Kier alpha value is -7.83. The predicted octanol–water partition coefficient (Wildman–Crippen LogP) is 10.4. The van der Waals surface area contributed by atoms with Gasteiger partial charge in [-0.05, 0) is 97.6 Å². The monoisotopic (exact) mass is 760 g/mol. The van der Waals surface area contributed by atoms with Gasteiger partial charge in [-0.1, -0.05) is 101 Å². The van der Waals surface area contributed by atoms with Crippen LogP contribution in [0.3, 0.4) is 0 Å². The van der Waals surface area contributed by atoms with E-state index in [1.54, 1.807) is 34.5 Å². The number of aromatic nitrogens is 3. The van der Waals surface area contributed by atoms with E-state index in [-0.39, 0.29) is 34.2 Å². The number of rotatable bonds is 6. The van der Waals surface area contributed by atoms with E-state index in [1.807, 2.05) is 109 Å². The summed E-state index contributed by atoms with van der Waals surface area (Å²) in [5.74, 6) is 0. The molecule has 6 aromatic carbocycles. The summed E-state index contributed by atoms with van der Waals surface area (Å²) in [5.41, 5.74) is 6.56. The number of allylic oxidation sites excluding steroid dienone is 8. The van der Waals surface area contributed by atoms with Crippen molar-refractivity contribution < 1.29 is 15.0 Å². The molecule has 11 nitrogen and oxygen atoms in total. The number of nitrogens with one attached hydrogen (secondary N) is 2. The van der Waals surface area contributed by atoms with Crippen LogP contribution in [-0.2, 0) is 0 Å². The molecule has 2 aliphatic rings. The number of fused-ring (bicyclic) bond motifs is 4. The van der Waals surface area contributed by atoms with Crippen LogP contribution in [0.25, 0.3) is 70.1 Å². The van der Waals surface area contributed by atoms with Gasteiger partial charge in [0.25, 0.3) is 0 Å². The molecule has 2 aromatic heterocycles. The van der Waals surface area contributed by atoms with Crippen molar-refractivity contribution in [2.75, 3.05) is 4.90 Å². The molecule has 0 unspecified atom stereocenters. The minimum absolute atomic E-state index is 0.0179. The van der Waals surface area contributed by atoms with Gasteiger partial charge in [-0.25, -0.2) is 9.61 Å². The van der Waals surface area contributed by atoms with Crippen LogP contribution >= 0.6 is 11.3 Å². The highest BCUT2D eigenvalue weighted by Crippen LogP contribution is 2.41. The smallest absolute Gasteiger partial charge is 0.159 e. The maximum atomic E-state index is 10.7. The average molecular weight is 761 g/mol. The van der Waals surface area contributed by atoms with Crippen LogP contribution in [0.1, 0.15) is 5.56 Å². The Balaban J connectivity index is 1.13. The van der Waals surface area contributed by atoms with Crippen molar-refractivity contribution in [1.29, 1.82) is 10.8 Å². The quantitative estimate of drug-likeness (QED) is 0.0566. The predicted molar refractivity (Wildman–Crippen MR) is 227 cm³/mol. The van der Waals surface area contributed by atoms with Crippen LogP contribution in [-0.4, -0.2) is 48.6 Å². The van der Waals surface area contributed by atoms with Crippen molar-refractivity contribution in [1.82, 2.24) is 15.3 Å². The van der Waals surface area contributed by atoms with Crippen molar-refractivity contribution in [3.05, 3.63) is 163 Å². The first-order valence-corrected chi connectivity index (χ1v) is 18.7. The number of para-hydroxylation sites is 1. The van der Waals surface area contributed by atoms with Gasteiger partial charge in [-0.2, -0.15) is 0 Å². The molecule has 0 atom stereocenters. The molecular formula is C45H28N8O3S. The molecule has 4 N–H and O–H groups in total. The number of anilines is 1. The Morgan fingerprint density at radius 3 is 2.11 bits per heavy atom. The van der Waals surface area contributed by atoms with Gasteiger partial charge in [-0.15, -0.1) is 11.3 Å². The fraction of sp³-hybridized carbons (Fsp3) is 0. The molecule has 12 heteroatoms. The summed E-state index contributed by atoms with van der Waals surface area (Å²) < 4.78 is 6.50. The van der Waals surface area contributed by atoms with E-state index in [1.165, 1.54) is 6.08 Å². The van der Waals surface area contributed by atoms with Crippen LogP contribution in [0.15, 0.2) is 172 Å². The van der Waals surface area contributed by atoms with Gasteiger partial charge in [0.15, 0.2) is 11.2 Å². The van der Waals surface area contributed by atoms with E-state index in [0.29, 0.717) is 22.3 Å². The number of benzene rings is 6. The first-order valence-electron chi connectivity index (χ1n) is 17.9. The lowest BCUT2D eigenvalue weighted by Crippen LogP contribution is -2.37. The molecule has 0 aliphatic heterocycles. The zero-order valence-electron chi connectivity index (χ0n) is 29.8. The Bertz CT molecular complexity index is 3120. The first kappa shape index (κ1) is 33.7. The second-order valence-corrected chi connectivity index (χ2v) is 14.4. The van der Waals surface area contributed by atoms with Crippen molar-refractivity contribution in [3.8, 4) is 21.7 Å². The third-order valence-electron chi connectivity index (χ3n) is 10.3. The van der Waals surface area contributed by atoms with Gasteiger partial charge >= 0.3 is 0 Å². The maximum absolute atomic E-state index is 10.7. The van der Waals surface area contributed by atoms with Gasteiger partial charge in [0.05, 0.1) is 33.0 Å². The molecule has 0 bridgehead atoms.